The van der Waals surface area contributed by atoms with Crippen molar-refractivity contribution in [3.8, 4) is 16.8 Å². The van der Waals surface area contributed by atoms with Crippen molar-refractivity contribution in [1.82, 2.24) is 14.5 Å². The van der Waals surface area contributed by atoms with Gasteiger partial charge in [-0.2, -0.15) is 0 Å². The lowest BCUT2D eigenvalue weighted by Crippen LogP contribution is -1.97. The summed E-state index contributed by atoms with van der Waals surface area (Å²) < 4.78 is 28.7. The van der Waals surface area contributed by atoms with E-state index in [2.05, 4.69) is 9.97 Å². The third-order valence-corrected chi connectivity index (χ3v) is 4.91. The van der Waals surface area contributed by atoms with Crippen LogP contribution < -0.4 is 0 Å². The van der Waals surface area contributed by atoms with E-state index in [1.165, 1.54) is 24.3 Å². The first-order valence-corrected chi connectivity index (χ1v) is 8.90. The minimum absolute atomic E-state index is 0.265. The molecule has 0 aliphatic heterocycles. The molecule has 0 saturated heterocycles. The van der Waals surface area contributed by atoms with Gasteiger partial charge in [0.25, 0.3) is 0 Å². The maximum Gasteiger partial charge on any atom is 0.123 e. The molecule has 0 bridgehead atoms. The average molecular weight is 371 g/mol. The highest BCUT2D eigenvalue weighted by molar-refractivity contribution is 6.04. The second-order valence-corrected chi connectivity index (χ2v) is 6.70. The first kappa shape index (κ1) is 16.6. The molecule has 0 radical (unpaired) electrons. The molecule has 0 spiro atoms. The second kappa shape index (κ2) is 6.23. The Morgan fingerprint density at radius 2 is 1.39 bits per heavy atom. The Balaban J connectivity index is 1.81. The van der Waals surface area contributed by atoms with Gasteiger partial charge in [-0.25, -0.2) is 13.8 Å². The molecule has 2 heterocycles. The third kappa shape index (κ3) is 2.63. The third-order valence-electron chi connectivity index (χ3n) is 4.91. The normalized spacial score (nSPS) is 11.4. The van der Waals surface area contributed by atoms with Gasteiger partial charge in [0.1, 0.15) is 23.0 Å². The van der Waals surface area contributed by atoms with Crippen LogP contribution in [0.2, 0.25) is 0 Å². The number of hydrogen-bond acceptors (Lipinski definition) is 2. The highest BCUT2D eigenvalue weighted by atomic mass is 19.1. The largest absolute Gasteiger partial charge is 0.296 e. The number of pyridine rings is 1. The Hall–Kier alpha value is -3.60. The standard InChI is InChI=1S/C23H15F2N3/c1-14-27-22-13-26-21-11-4-16(15-2-5-17(24)6-3-15)12-20(21)23(22)28(14)19-9-7-18(25)8-10-19/h2-13H,1H3. The van der Waals surface area contributed by atoms with Gasteiger partial charge in [-0.1, -0.05) is 18.2 Å². The summed E-state index contributed by atoms with van der Waals surface area (Å²) in [5.41, 5.74) is 5.24. The highest BCUT2D eigenvalue weighted by Crippen LogP contribution is 2.31. The van der Waals surface area contributed by atoms with Gasteiger partial charge in [-0.15, -0.1) is 0 Å². The van der Waals surface area contributed by atoms with E-state index in [1.54, 1.807) is 30.5 Å². The van der Waals surface area contributed by atoms with Crippen molar-refractivity contribution in [1.29, 1.82) is 0 Å². The number of nitrogens with zero attached hydrogens (tertiary/aromatic N) is 3. The van der Waals surface area contributed by atoms with Crippen LogP contribution in [0.1, 0.15) is 5.82 Å². The summed E-state index contributed by atoms with van der Waals surface area (Å²) in [6, 6.07) is 18.7. The van der Waals surface area contributed by atoms with Gasteiger partial charge < -0.3 is 0 Å². The number of aromatic nitrogens is 3. The highest BCUT2D eigenvalue weighted by Gasteiger charge is 2.14. The zero-order valence-corrected chi connectivity index (χ0v) is 15.0. The van der Waals surface area contributed by atoms with Gasteiger partial charge in [0, 0.05) is 11.1 Å². The Kier molecular flexibility index (Phi) is 3.69. The number of imidazole rings is 1. The van der Waals surface area contributed by atoms with Crippen LogP contribution in [0.4, 0.5) is 8.78 Å². The van der Waals surface area contributed by atoms with Gasteiger partial charge >= 0.3 is 0 Å². The molecule has 5 rings (SSSR count). The van der Waals surface area contributed by atoms with Crippen LogP contribution in [0.5, 0.6) is 0 Å². The lowest BCUT2D eigenvalue weighted by Gasteiger charge is -2.10. The molecule has 0 N–H and O–H groups in total. The lowest BCUT2D eigenvalue weighted by atomic mass is 10.0. The predicted octanol–water partition coefficient (Wildman–Crippen LogP) is 5.83. The van der Waals surface area contributed by atoms with Crippen LogP contribution in [0.15, 0.2) is 72.9 Å². The monoisotopic (exact) mass is 371 g/mol. The summed E-state index contributed by atoms with van der Waals surface area (Å²) in [7, 11) is 0. The fraction of sp³-hybridized carbons (Fsp3) is 0.0435. The molecule has 0 aliphatic carbocycles. The summed E-state index contributed by atoms with van der Waals surface area (Å²) in [5, 5.41) is 0.934. The summed E-state index contributed by atoms with van der Waals surface area (Å²) >= 11 is 0. The summed E-state index contributed by atoms with van der Waals surface area (Å²) in [6.45, 7) is 1.92. The number of benzene rings is 3. The minimum Gasteiger partial charge on any atom is -0.296 e. The molecule has 0 atom stereocenters. The van der Waals surface area contributed by atoms with Crippen LogP contribution in [0.25, 0.3) is 38.8 Å². The van der Waals surface area contributed by atoms with Gasteiger partial charge in [-0.3, -0.25) is 9.55 Å². The van der Waals surface area contributed by atoms with Crippen molar-refractivity contribution in [3.05, 3.63) is 90.4 Å². The lowest BCUT2D eigenvalue weighted by molar-refractivity contribution is 0.627. The number of aryl methyl sites for hydroxylation is 1. The molecule has 3 nitrogen and oxygen atoms in total. The number of halogens is 2. The average Bonchev–Trinajstić information content (AvgIpc) is 3.05. The van der Waals surface area contributed by atoms with E-state index in [1.807, 2.05) is 29.7 Å². The molecule has 28 heavy (non-hydrogen) atoms. The quantitative estimate of drug-likeness (QED) is 0.391. The number of hydrogen-bond donors (Lipinski definition) is 0. The second-order valence-electron chi connectivity index (χ2n) is 6.70. The van der Waals surface area contributed by atoms with Crippen LogP contribution in [-0.2, 0) is 0 Å². The van der Waals surface area contributed by atoms with Crippen molar-refractivity contribution < 1.29 is 8.78 Å². The van der Waals surface area contributed by atoms with E-state index < -0.39 is 0 Å². The zero-order valence-electron chi connectivity index (χ0n) is 15.0. The summed E-state index contributed by atoms with van der Waals surface area (Å²) in [6.07, 6.45) is 1.75. The van der Waals surface area contributed by atoms with Crippen molar-refractivity contribution >= 4 is 21.9 Å². The van der Waals surface area contributed by atoms with E-state index in [-0.39, 0.29) is 11.6 Å². The molecule has 0 aliphatic rings. The maximum atomic E-state index is 13.4. The fourth-order valence-corrected chi connectivity index (χ4v) is 3.60. The molecular weight excluding hydrogens is 356 g/mol. The minimum atomic E-state index is -0.282. The zero-order chi connectivity index (χ0) is 19.3. The van der Waals surface area contributed by atoms with Gasteiger partial charge in [-0.05, 0) is 66.6 Å². The Bertz CT molecular complexity index is 1320. The van der Waals surface area contributed by atoms with E-state index in [0.717, 1.165) is 44.6 Å². The van der Waals surface area contributed by atoms with Gasteiger partial charge in [0.05, 0.1) is 17.2 Å². The Morgan fingerprint density at radius 3 is 2.11 bits per heavy atom. The molecule has 5 heteroatoms. The van der Waals surface area contributed by atoms with Gasteiger partial charge in [0.15, 0.2) is 0 Å². The van der Waals surface area contributed by atoms with Crippen LogP contribution >= 0.6 is 0 Å². The number of rotatable bonds is 2. The van der Waals surface area contributed by atoms with E-state index in [4.69, 9.17) is 0 Å². The van der Waals surface area contributed by atoms with E-state index in [9.17, 15) is 8.78 Å². The number of fused-ring (bicyclic) bond motifs is 3. The van der Waals surface area contributed by atoms with Crippen LogP contribution in [-0.4, -0.2) is 14.5 Å². The van der Waals surface area contributed by atoms with Gasteiger partial charge in [0.2, 0.25) is 0 Å². The Morgan fingerprint density at radius 1 is 0.750 bits per heavy atom. The molecule has 136 valence electrons. The molecule has 5 aromatic rings. The van der Waals surface area contributed by atoms with Crippen molar-refractivity contribution in [2.75, 3.05) is 0 Å². The molecule has 0 amide bonds. The van der Waals surface area contributed by atoms with E-state index >= 15 is 0 Å². The van der Waals surface area contributed by atoms with Crippen LogP contribution in [0.3, 0.4) is 0 Å². The molecule has 0 unspecified atom stereocenters. The van der Waals surface area contributed by atoms with E-state index in [0.29, 0.717) is 0 Å². The van der Waals surface area contributed by atoms with Crippen molar-refractivity contribution in [2.24, 2.45) is 0 Å². The first-order valence-electron chi connectivity index (χ1n) is 8.90. The molecule has 2 aromatic heterocycles. The predicted molar refractivity (Wildman–Crippen MR) is 106 cm³/mol. The molecule has 0 fully saturated rings. The fourth-order valence-electron chi connectivity index (χ4n) is 3.60. The smallest absolute Gasteiger partial charge is 0.123 e. The molecule has 3 aromatic carbocycles. The summed E-state index contributed by atoms with van der Waals surface area (Å²) in [5.74, 6) is 0.248. The van der Waals surface area contributed by atoms with Crippen LogP contribution in [0, 0.1) is 18.6 Å². The SMILES string of the molecule is Cc1nc2cnc3ccc(-c4ccc(F)cc4)cc3c2n1-c1ccc(F)cc1. The first-order chi connectivity index (χ1) is 13.6. The molecule has 0 saturated carbocycles. The maximum absolute atomic E-state index is 13.4. The molecular formula is C23H15F2N3. The topological polar surface area (TPSA) is 30.7 Å². The summed E-state index contributed by atoms with van der Waals surface area (Å²) in [4.78, 5) is 9.16. The Labute approximate surface area is 159 Å². The van der Waals surface area contributed by atoms with Crippen molar-refractivity contribution in [3.63, 3.8) is 0 Å². The van der Waals surface area contributed by atoms with Crippen molar-refractivity contribution in [2.45, 2.75) is 6.92 Å².